The van der Waals surface area contributed by atoms with Crippen molar-refractivity contribution >= 4 is 17.5 Å². The molecule has 110 valence electrons. The minimum Gasteiger partial charge on any atom is -0.397 e. The molecule has 20 heavy (non-hydrogen) atoms. The lowest BCUT2D eigenvalue weighted by Crippen LogP contribution is -2.56. The zero-order valence-corrected chi connectivity index (χ0v) is 11.7. The molecule has 0 aromatic carbocycles. The lowest BCUT2D eigenvalue weighted by Gasteiger charge is -2.34. The van der Waals surface area contributed by atoms with Crippen LogP contribution < -0.4 is 11.1 Å². The first-order valence-electron chi connectivity index (χ1n) is 6.62. The molecule has 0 bridgehead atoms. The molecule has 0 spiro atoms. The van der Waals surface area contributed by atoms with E-state index in [9.17, 15) is 9.59 Å². The van der Waals surface area contributed by atoms with E-state index < -0.39 is 6.04 Å². The number of carbonyl (C=O) groups is 2. The fourth-order valence-electron chi connectivity index (χ4n) is 2.13. The molecule has 1 aliphatic heterocycles. The summed E-state index contributed by atoms with van der Waals surface area (Å²) in [4.78, 5) is 28.9. The van der Waals surface area contributed by atoms with Crippen LogP contribution in [0.5, 0.6) is 0 Å². The number of carbonyl (C=O) groups excluding carboxylic acids is 2. The maximum Gasteiger partial charge on any atom is 0.271 e. The van der Waals surface area contributed by atoms with E-state index in [4.69, 9.17) is 10.5 Å². The average molecular weight is 280 g/mol. The molecule has 2 rings (SSSR count). The topological polar surface area (TPSA) is 100 Å². The van der Waals surface area contributed by atoms with Gasteiger partial charge in [-0.2, -0.15) is 0 Å². The standard InChI is InChI=1S/C13H20N4O3/c1-8(2)16-12(18)11-7-20-4-3-17(11)13(19)10-5-9(14)6-15-10/h5-6,8,11,15H,3-4,7,14H2,1-2H3,(H,16,18). The first-order chi connectivity index (χ1) is 9.49. The third kappa shape index (κ3) is 3.11. The van der Waals surface area contributed by atoms with Gasteiger partial charge in [-0.05, 0) is 19.9 Å². The van der Waals surface area contributed by atoms with Crippen LogP contribution in [0.1, 0.15) is 24.3 Å². The normalized spacial score (nSPS) is 19.1. The Morgan fingerprint density at radius 1 is 1.55 bits per heavy atom. The number of aromatic amines is 1. The molecule has 7 nitrogen and oxygen atoms in total. The number of anilines is 1. The van der Waals surface area contributed by atoms with Crippen molar-refractivity contribution in [3.63, 3.8) is 0 Å². The van der Waals surface area contributed by atoms with Gasteiger partial charge in [-0.15, -0.1) is 0 Å². The number of aromatic nitrogens is 1. The maximum absolute atomic E-state index is 12.4. The number of H-pyrrole nitrogens is 1. The van der Waals surface area contributed by atoms with Crippen LogP contribution in [0.2, 0.25) is 0 Å². The molecule has 0 radical (unpaired) electrons. The fraction of sp³-hybridized carbons (Fsp3) is 0.538. The van der Waals surface area contributed by atoms with Crippen LogP contribution in [0.15, 0.2) is 12.3 Å². The van der Waals surface area contributed by atoms with Gasteiger partial charge >= 0.3 is 0 Å². The van der Waals surface area contributed by atoms with Gasteiger partial charge in [0.1, 0.15) is 11.7 Å². The Labute approximate surface area is 117 Å². The van der Waals surface area contributed by atoms with Gasteiger partial charge in [-0.25, -0.2) is 0 Å². The van der Waals surface area contributed by atoms with Gasteiger partial charge < -0.3 is 25.7 Å². The Bertz CT molecular complexity index is 498. The van der Waals surface area contributed by atoms with E-state index in [1.165, 1.54) is 4.90 Å². The summed E-state index contributed by atoms with van der Waals surface area (Å²) in [6.07, 6.45) is 1.55. The second-order valence-corrected chi connectivity index (χ2v) is 5.10. The lowest BCUT2D eigenvalue weighted by molar-refractivity contribution is -0.131. The minimum absolute atomic E-state index is 0.0162. The van der Waals surface area contributed by atoms with Crippen molar-refractivity contribution in [1.29, 1.82) is 0 Å². The zero-order valence-electron chi connectivity index (χ0n) is 11.7. The largest absolute Gasteiger partial charge is 0.397 e. The molecule has 1 aliphatic rings. The van der Waals surface area contributed by atoms with E-state index in [0.717, 1.165) is 0 Å². The van der Waals surface area contributed by atoms with Crippen molar-refractivity contribution in [3.8, 4) is 0 Å². The molecule has 0 aliphatic carbocycles. The first kappa shape index (κ1) is 14.4. The quantitative estimate of drug-likeness (QED) is 0.723. The van der Waals surface area contributed by atoms with E-state index >= 15 is 0 Å². The Balaban J connectivity index is 2.14. The number of ether oxygens (including phenoxy) is 1. The van der Waals surface area contributed by atoms with E-state index in [-0.39, 0.29) is 24.5 Å². The van der Waals surface area contributed by atoms with Crippen molar-refractivity contribution in [2.45, 2.75) is 25.9 Å². The maximum atomic E-state index is 12.4. The van der Waals surface area contributed by atoms with Crippen LogP contribution in [-0.4, -0.2) is 53.5 Å². The predicted molar refractivity (Wildman–Crippen MR) is 74.1 cm³/mol. The lowest BCUT2D eigenvalue weighted by atomic mass is 10.2. The summed E-state index contributed by atoms with van der Waals surface area (Å²) in [5.74, 6) is -0.443. The molecular formula is C13H20N4O3. The van der Waals surface area contributed by atoms with Crippen molar-refractivity contribution in [2.24, 2.45) is 0 Å². The fourth-order valence-corrected chi connectivity index (χ4v) is 2.13. The van der Waals surface area contributed by atoms with Crippen LogP contribution >= 0.6 is 0 Å². The molecule has 1 aromatic rings. The second-order valence-electron chi connectivity index (χ2n) is 5.10. The van der Waals surface area contributed by atoms with E-state index in [1.54, 1.807) is 12.3 Å². The van der Waals surface area contributed by atoms with Crippen LogP contribution in [0.3, 0.4) is 0 Å². The van der Waals surface area contributed by atoms with Crippen LogP contribution in [0, 0.1) is 0 Å². The number of rotatable bonds is 3. The van der Waals surface area contributed by atoms with Gasteiger partial charge in [0.05, 0.1) is 13.2 Å². The van der Waals surface area contributed by atoms with Gasteiger partial charge in [0.25, 0.3) is 5.91 Å². The van der Waals surface area contributed by atoms with Crippen LogP contribution in [0.4, 0.5) is 5.69 Å². The number of hydrogen-bond acceptors (Lipinski definition) is 4. The SMILES string of the molecule is CC(C)NC(=O)C1COCCN1C(=O)c1cc(N)c[nH]1. The summed E-state index contributed by atoms with van der Waals surface area (Å²) in [5.41, 5.74) is 6.47. The smallest absolute Gasteiger partial charge is 0.271 e. The van der Waals surface area contributed by atoms with Gasteiger partial charge in [-0.1, -0.05) is 0 Å². The van der Waals surface area contributed by atoms with Crippen molar-refractivity contribution in [2.75, 3.05) is 25.5 Å². The summed E-state index contributed by atoms with van der Waals surface area (Å²) >= 11 is 0. The zero-order chi connectivity index (χ0) is 14.7. The summed E-state index contributed by atoms with van der Waals surface area (Å²) in [6.45, 7) is 4.76. The Hall–Kier alpha value is -2.02. The molecule has 7 heteroatoms. The monoisotopic (exact) mass is 280 g/mol. The number of morpholine rings is 1. The van der Waals surface area contributed by atoms with Crippen LogP contribution in [0.25, 0.3) is 0 Å². The first-order valence-corrected chi connectivity index (χ1v) is 6.62. The number of amides is 2. The summed E-state index contributed by atoms with van der Waals surface area (Å²) < 4.78 is 5.32. The molecular weight excluding hydrogens is 260 g/mol. The Kier molecular flexibility index (Phi) is 4.29. The van der Waals surface area contributed by atoms with E-state index in [1.807, 2.05) is 13.8 Å². The average Bonchev–Trinajstić information content (AvgIpc) is 2.84. The Morgan fingerprint density at radius 2 is 2.30 bits per heavy atom. The molecule has 1 unspecified atom stereocenters. The van der Waals surface area contributed by atoms with Crippen LogP contribution in [-0.2, 0) is 9.53 Å². The number of hydrogen-bond donors (Lipinski definition) is 3. The molecule has 1 saturated heterocycles. The molecule has 4 N–H and O–H groups in total. The van der Waals surface area contributed by atoms with Gasteiger partial charge in [0, 0.05) is 24.5 Å². The summed E-state index contributed by atoms with van der Waals surface area (Å²) in [7, 11) is 0. The van der Waals surface area contributed by atoms with E-state index in [2.05, 4.69) is 10.3 Å². The highest BCUT2D eigenvalue weighted by molar-refractivity contribution is 5.97. The predicted octanol–water partition coefficient (Wildman–Crippen LogP) is -0.0375. The molecule has 1 fully saturated rings. The van der Waals surface area contributed by atoms with Crippen molar-refractivity contribution in [3.05, 3.63) is 18.0 Å². The Morgan fingerprint density at radius 3 is 2.90 bits per heavy atom. The van der Waals surface area contributed by atoms with Crippen molar-refractivity contribution in [1.82, 2.24) is 15.2 Å². The van der Waals surface area contributed by atoms with Crippen molar-refractivity contribution < 1.29 is 14.3 Å². The van der Waals surface area contributed by atoms with Gasteiger partial charge in [0.15, 0.2) is 0 Å². The summed E-state index contributed by atoms with van der Waals surface area (Å²) in [5, 5.41) is 2.81. The highest BCUT2D eigenvalue weighted by Crippen LogP contribution is 2.14. The molecule has 2 amide bonds. The highest BCUT2D eigenvalue weighted by Gasteiger charge is 2.34. The number of nitrogens with zero attached hydrogens (tertiary/aromatic N) is 1. The number of nitrogen functional groups attached to an aromatic ring is 1. The third-order valence-corrected chi connectivity index (χ3v) is 3.06. The third-order valence-electron chi connectivity index (χ3n) is 3.06. The van der Waals surface area contributed by atoms with Gasteiger partial charge in [0.2, 0.25) is 5.91 Å². The summed E-state index contributed by atoms with van der Waals surface area (Å²) in [6, 6.07) is 0.973. The highest BCUT2D eigenvalue weighted by atomic mass is 16.5. The van der Waals surface area contributed by atoms with E-state index in [0.29, 0.717) is 24.5 Å². The molecule has 2 heterocycles. The number of nitrogens with two attached hydrogens (primary N) is 1. The molecule has 0 saturated carbocycles. The van der Waals surface area contributed by atoms with Gasteiger partial charge in [-0.3, -0.25) is 9.59 Å². The molecule has 1 atom stereocenters. The molecule has 1 aromatic heterocycles. The number of nitrogens with one attached hydrogen (secondary N) is 2. The second kappa shape index (κ2) is 5.96. The minimum atomic E-state index is -0.608.